The number of sulfone groups is 1. The molecule has 0 fully saturated rings. The maximum Gasteiger partial charge on any atom is 0.321 e. The van der Waals surface area contributed by atoms with Crippen LogP contribution in [0.25, 0.3) is 0 Å². The molecule has 2 aromatic carbocycles. The molecule has 0 aromatic heterocycles. The average molecular weight is 439 g/mol. The molecule has 2 aromatic rings. The van der Waals surface area contributed by atoms with Crippen molar-refractivity contribution < 1.29 is 23.1 Å². The normalized spacial score (nSPS) is 12.5. The first kappa shape index (κ1) is 23.2. The number of carboxylic acids is 1. The topological polar surface area (TPSA) is 80.7 Å². The van der Waals surface area contributed by atoms with Crippen LogP contribution >= 0.6 is 11.6 Å². The van der Waals surface area contributed by atoms with Gasteiger partial charge in [-0.2, -0.15) is 0 Å². The van der Waals surface area contributed by atoms with Crippen LogP contribution in [0.2, 0.25) is 5.02 Å². The number of hydrogen-bond donors (Lipinski definition) is 1. The van der Waals surface area contributed by atoms with E-state index >= 15 is 0 Å². The van der Waals surface area contributed by atoms with Gasteiger partial charge in [-0.1, -0.05) is 48.7 Å². The van der Waals surface area contributed by atoms with Crippen molar-refractivity contribution in [3.63, 3.8) is 0 Å². The second-order valence-corrected chi connectivity index (χ2v) is 9.76. The summed E-state index contributed by atoms with van der Waals surface area (Å²) in [6, 6.07) is 14.7. The van der Waals surface area contributed by atoms with E-state index in [1.54, 1.807) is 31.4 Å². The minimum atomic E-state index is -3.72. The number of methoxy groups -OCH3 is 1. The maximum atomic E-state index is 12.5. The Labute approximate surface area is 177 Å². The molecule has 1 N–H and O–H groups in total. The van der Waals surface area contributed by atoms with Crippen LogP contribution in [-0.4, -0.2) is 37.6 Å². The lowest BCUT2D eigenvalue weighted by atomic mass is 10.1. The van der Waals surface area contributed by atoms with E-state index in [0.717, 1.165) is 30.6 Å². The summed E-state index contributed by atoms with van der Waals surface area (Å²) in [6.07, 6.45) is 3.51. The van der Waals surface area contributed by atoms with Crippen LogP contribution in [0.1, 0.15) is 36.8 Å². The van der Waals surface area contributed by atoms with Crippen LogP contribution in [0.15, 0.2) is 48.5 Å². The van der Waals surface area contributed by atoms with E-state index in [-0.39, 0.29) is 18.6 Å². The maximum absolute atomic E-state index is 12.5. The molecule has 29 heavy (non-hydrogen) atoms. The minimum absolute atomic E-state index is 0.140. The summed E-state index contributed by atoms with van der Waals surface area (Å²) < 4.78 is 30.2. The number of carbonyl (C=O) groups is 1. The molecule has 0 saturated heterocycles. The molecule has 7 heteroatoms. The van der Waals surface area contributed by atoms with Gasteiger partial charge in [0.25, 0.3) is 0 Å². The SMILES string of the molecule is COc1ccc(CCCCCC(C(=O)O)S(=O)(=O)CCc2ccc(Cl)cc2)cc1. The van der Waals surface area contributed by atoms with E-state index in [0.29, 0.717) is 11.4 Å². The lowest BCUT2D eigenvalue weighted by Crippen LogP contribution is -2.32. The molecule has 0 saturated carbocycles. The third kappa shape index (κ3) is 7.71. The van der Waals surface area contributed by atoms with Gasteiger partial charge in [-0.3, -0.25) is 4.79 Å². The number of aliphatic carboxylic acids is 1. The molecule has 0 radical (unpaired) electrons. The summed E-state index contributed by atoms with van der Waals surface area (Å²) >= 11 is 5.83. The van der Waals surface area contributed by atoms with Gasteiger partial charge in [0.05, 0.1) is 12.9 Å². The van der Waals surface area contributed by atoms with Gasteiger partial charge in [-0.15, -0.1) is 0 Å². The van der Waals surface area contributed by atoms with Crippen LogP contribution in [0.5, 0.6) is 5.75 Å². The highest BCUT2D eigenvalue weighted by atomic mass is 35.5. The first-order valence-corrected chi connectivity index (χ1v) is 11.7. The highest BCUT2D eigenvalue weighted by molar-refractivity contribution is 7.92. The van der Waals surface area contributed by atoms with E-state index in [1.165, 1.54) is 5.56 Å². The molecule has 0 aliphatic heterocycles. The van der Waals surface area contributed by atoms with Crippen molar-refractivity contribution in [1.82, 2.24) is 0 Å². The van der Waals surface area contributed by atoms with E-state index in [4.69, 9.17) is 16.3 Å². The summed E-state index contributed by atoms with van der Waals surface area (Å²) in [5.41, 5.74) is 2.00. The standard InChI is InChI=1S/C22H27ClO5S/c1-28-20-13-9-17(10-14-20)5-3-2-4-6-21(22(24)25)29(26,27)16-15-18-7-11-19(23)12-8-18/h7-14,21H,2-6,15-16H2,1H3,(H,24,25). The van der Waals surface area contributed by atoms with Crippen molar-refractivity contribution in [2.24, 2.45) is 0 Å². The van der Waals surface area contributed by atoms with Crippen LogP contribution in [0.4, 0.5) is 0 Å². The molecule has 1 atom stereocenters. The Bertz CT molecular complexity index is 876. The lowest BCUT2D eigenvalue weighted by molar-refractivity contribution is -0.136. The summed E-state index contributed by atoms with van der Waals surface area (Å²) in [5.74, 6) is -0.643. The van der Waals surface area contributed by atoms with Gasteiger partial charge < -0.3 is 9.84 Å². The fourth-order valence-electron chi connectivity index (χ4n) is 3.14. The number of halogens is 1. The van der Waals surface area contributed by atoms with Crippen LogP contribution < -0.4 is 4.74 Å². The Hall–Kier alpha value is -2.05. The van der Waals surface area contributed by atoms with E-state index in [2.05, 4.69) is 0 Å². The Morgan fingerprint density at radius 2 is 1.55 bits per heavy atom. The zero-order valence-electron chi connectivity index (χ0n) is 16.5. The number of ether oxygens (including phenoxy) is 1. The molecule has 1 unspecified atom stereocenters. The third-order valence-corrected chi connectivity index (χ3v) is 7.22. The molecular weight excluding hydrogens is 412 g/mol. The zero-order chi connectivity index (χ0) is 21.3. The molecule has 158 valence electrons. The number of aryl methyl sites for hydroxylation is 2. The molecule has 0 bridgehead atoms. The van der Waals surface area contributed by atoms with Gasteiger partial charge in [-0.05, 0) is 61.1 Å². The van der Waals surface area contributed by atoms with Gasteiger partial charge in [0.2, 0.25) is 0 Å². The van der Waals surface area contributed by atoms with Gasteiger partial charge in [0.15, 0.2) is 15.1 Å². The van der Waals surface area contributed by atoms with Crippen molar-refractivity contribution in [2.45, 2.75) is 43.8 Å². The smallest absolute Gasteiger partial charge is 0.321 e. The van der Waals surface area contributed by atoms with E-state index in [1.807, 2.05) is 24.3 Å². The van der Waals surface area contributed by atoms with Crippen molar-refractivity contribution in [2.75, 3.05) is 12.9 Å². The fraction of sp³-hybridized carbons (Fsp3) is 0.409. The van der Waals surface area contributed by atoms with E-state index < -0.39 is 21.1 Å². The molecule has 0 aliphatic carbocycles. The van der Waals surface area contributed by atoms with Crippen molar-refractivity contribution in [1.29, 1.82) is 0 Å². The average Bonchev–Trinajstić information content (AvgIpc) is 2.70. The Balaban J connectivity index is 1.80. The van der Waals surface area contributed by atoms with Crippen LogP contribution in [-0.2, 0) is 27.5 Å². The number of rotatable bonds is 12. The predicted molar refractivity (Wildman–Crippen MR) is 116 cm³/mol. The highest BCUT2D eigenvalue weighted by Gasteiger charge is 2.31. The summed E-state index contributed by atoms with van der Waals surface area (Å²) in [6.45, 7) is 0. The van der Waals surface area contributed by atoms with Crippen LogP contribution in [0.3, 0.4) is 0 Å². The molecule has 0 spiro atoms. The number of benzene rings is 2. The first-order valence-electron chi connectivity index (χ1n) is 9.63. The second-order valence-electron chi connectivity index (χ2n) is 7.02. The highest BCUT2D eigenvalue weighted by Crippen LogP contribution is 2.18. The second kappa shape index (κ2) is 11.2. The van der Waals surface area contributed by atoms with Gasteiger partial charge in [0.1, 0.15) is 5.75 Å². The zero-order valence-corrected chi connectivity index (χ0v) is 18.1. The molecular formula is C22H27ClO5S. The Morgan fingerprint density at radius 3 is 2.14 bits per heavy atom. The number of unbranched alkanes of at least 4 members (excludes halogenated alkanes) is 2. The fourth-order valence-corrected chi connectivity index (χ4v) is 4.90. The van der Waals surface area contributed by atoms with Crippen molar-refractivity contribution in [3.8, 4) is 5.75 Å². The van der Waals surface area contributed by atoms with Crippen molar-refractivity contribution >= 4 is 27.4 Å². The summed E-state index contributed by atoms with van der Waals surface area (Å²) in [4.78, 5) is 11.5. The lowest BCUT2D eigenvalue weighted by Gasteiger charge is -2.13. The third-order valence-electron chi connectivity index (χ3n) is 4.89. The summed E-state index contributed by atoms with van der Waals surface area (Å²) in [7, 11) is -2.10. The van der Waals surface area contributed by atoms with Crippen LogP contribution in [0, 0.1) is 0 Å². The molecule has 0 aliphatic rings. The van der Waals surface area contributed by atoms with E-state index in [9.17, 15) is 18.3 Å². The molecule has 0 amide bonds. The van der Waals surface area contributed by atoms with Gasteiger partial charge >= 0.3 is 5.97 Å². The molecule has 5 nitrogen and oxygen atoms in total. The predicted octanol–water partition coefficient (Wildman–Crippen LogP) is 4.56. The summed E-state index contributed by atoms with van der Waals surface area (Å²) in [5, 5.41) is 8.65. The van der Waals surface area contributed by atoms with Crippen molar-refractivity contribution in [3.05, 3.63) is 64.7 Å². The van der Waals surface area contributed by atoms with Gasteiger partial charge in [-0.25, -0.2) is 8.42 Å². The first-order chi connectivity index (χ1) is 13.8. The number of carboxylic acid groups (broad SMARTS) is 1. The monoisotopic (exact) mass is 438 g/mol. The van der Waals surface area contributed by atoms with Gasteiger partial charge in [0, 0.05) is 5.02 Å². The largest absolute Gasteiger partial charge is 0.497 e. The Kier molecular flexibility index (Phi) is 8.99. The molecule has 2 rings (SSSR count). The quantitative estimate of drug-likeness (QED) is 0.491. The number of hydrogen-bond acceptors (Lipinski definition) is 4. The Morgan fingerprint density at radius 1 is 0.966 bits per heavy atom. The molecule has 0 heterocycles. The minimum Gasteiger partial charge on any atom is -0.497 e.